The van der Waals surface area contributed by atoms with Crippen molar-refractivity contribution < 1.29 is 9.66 Å². The maximum Gasteiger partial charge on any atom is 0.315 e. The van der Waals surface area contributed by atoms with Gasteiger partial charge in [-0.05, 0) is 76.3 Å². The molecule has 36 heavy (non-hydrogen) atoms. The highest BCUT2D eigenvalue weighted by Crippen LogP contribution is 2.36. The molecule has 10 heteroatoms. The van der Waals surface area contributed by atoms with Crippen LogP contribution >= 0.6 is 0 Å². The molecule has 1 fully saturated rings. The molecule has 2 aliphatic heterocycles. The van der Waals surface area contributed by atoms with Crippen molar-refractivity contribution in [2.75, 3.05) is 35.3 Å². The third kappa shape index (κ3) is 6.05. The van der Waals surface area contributed by atoms with Gasteiger partial charge in [0, 0.05) is 43.5 Å². The number of aromatic nitrogens is 2. The number of rotatable bonds is 3. The molecule has 2 aromatic heterocycles. The molecule has 9 nitrogen and oxygen atoms in total. The number of pyridine rings is 2. The van der Waals surface area contributed by atoms with Crippen LogP contribution in [0.5, 0.6) is 5.75 Å². The van der Waals surface area contributed by atoms with Crippen molar-refractivity contribution >= 4 is 34.5 Å². The summed E-state index contributed by atoms with van der Waals surface area (Å²) in [5.74, 6) is 2.56. The van der Waals surface area contributed by atoms with Crippen LogP contribution in [0.2, 0.25) is 0 Å². The SMILES string of the molecule is C=C1N[S+]([O-])c2nc(ccc2O)NCCC[C@H]2CC(C)N(C2)c2nc(N(C)/C=C\C(C)(C)N)ccc21. The second-order valence-electron chi connectivity index (χ2n) is 10.3. The Kier molecular flexibility index (Phi) is 7.67. The van der Waals surface area contributed by atoms with Crippen LogP contribution in [0.25, 0.3) is 5.70 Å². The number of hydrogen-bond acceptors (Lipinski definition) is 9. The van der Waals surface area contributed by atoms with Crippen molar-refractivity contribution in [2.45, 2.75) is 56.6 Å². The molecule has 2 unspecified atom stereocenters. The Morgan fingerprint density at radius 2 is 2.08 bits per heavy atom. The van der Waals surface area contributed by atoms with Crippen LogP contribution in [-0.2, 0) is 11.4 Å². The molecule has 3 atom stereocenters. The molecule has 0 aromatic carbocycles. The van der Waals surface area contributed by atoms with E-state index in [9.17, 15) is 9.66 Å². The molecule has 4 rings (SSSR count). The maximum atomic E-state index is 13.2. The van der Waals surface area contributed by atoms with E-state index in [1.807, 2.05) is 50.2 Å². The van der Waals surface area contributed by atoms with E-state index >= 15 is 0 Å². The lowest BCUT2D eigenvalue weighted by molar-refractivity contribution is 0.452. The standard InChI is InChI=1S/C26H37N7O2S/c1-17-15-19-7-6-13-28-22-10-9-21(34)25(29-22)36(35)31-18(2)20-8-11-23(30-24(20)33(17)16-19)32(5)14-12-26(3,4)27/h8-12,14,17,19,31,34H,2,6-7,13,15-16,27H2,1,3-5H3,(H,28,29)/b14-12-/t17?,19-,36?/m0/s1. The number of anilines is 3. The third-order valence-electron chi connectivity index (χ3n) is 6.54. The van der Waals surface area contributed by atoms with Gasteiger partial charge >= 0.3 is 5.03 Å². The Hall–Kier alpha value is -2.95. The molecule has 4 bridgehead atoms. The summed E-state index contributed by atoms with van der Waals surface area (Å²) in [4.78, 5) is 13.7. The minimum atomic E-state index is -1.81. The van der Waals surface area contributed by atoms with Crippen molar-refractivity contribution in [2.24, 2.45) is 11.7 Å². The van der Waals surface area contributed by atoms with Crippen molar-refractivity contribution in [1.82, 2.24) is 14.7 Å². The summed E-state index contributed by atoms with van der Waals surface area (Å²) in [5.41, 5.74) is 6.90. The zero-order chi connectivity index (χ0) is 26.0. The Balaban J connectivity index is 1.73. The molecular weight excluding hydrogens is 474 g/mol. The van der Waals surface area contributed by atoms with E-state index in [-0.39, 0.29) is 10.8 Å². The number of fused-ring (bicyclic) bond motifs is 6. The molecule has 2 aromatic rings. The molecule has 0 spiro atoms. The van der Waals surface area contributed by atoms with E-state index in [1.54, 1.807) is 6.07 Å². The first-order valence-electron chi connectivity index (χ1n) is 12.3. The highest BCUT2D eigenvalue weighted by atomic mass is 32.2. The van der Waals surface area contributed by atoms with Gasteiger partial charge in [0.15, 0.2) is 5.75 Å². The van der Waals surface area contributed by atoms with Crippen molar-refractivity contribution in [1.29, 1.82) is 0 Å². The molecule has 2 aliphatic rings. The number of hydrogen-bond donors (Lipinski definition) is 4. The van der Waals surface area contributed by atoms with Crippen LogP contribution < -0.4 is 25.6 Å². The predicted molar refractivity (Wildman–Crippen MR) is 147 cm³/mol. The summed E-state index contributed by atoms with van der Waals surface area (Å²) >= 11 is -1.81. The molecule has 0 aliphatic carbocycles. The Morgan fingerprint density at radius 1 is 1.31 bits per heavy atom. The predicted octanol–water partition coefficient (Wildman–Crippen LogP) is 3.57. The molecule has 0 radical (unpaired) electrons. The summed E-state index contributed by atoms with van der Waals surface area (Å²) in [6.45, 7) is 11.9. The Bertz CT molecular complexity index is 1130. The molecule has 194 valence electrons. The van der Waals surface area contributed by atoms with Crippen LogP contribution in [-0.4, -0.2) is 51.3 Å². The normalized spacial score (nSPS) is 22.9. The number of nitrogens with two attached hydrogens (primary N) is 1. The van der Waals surface area contributed by atoms with Gasteiger partial charge in [-0.2, -0.15) is 4.98 Å². The molecule has 0 saturated carbocycles. The minimum absolute atomic E-state index is 0.0617. The fourth-order valence-electron chi connectivity index (χ4n) is 4.61. The van der Waals surface area contributed by atoms with Crippen LogP contribution in [0.4, 0.5) is 17.5 Å². The lowest BCUT2D eigenvalue weighted by Crippen LogP contribution is -2.31. The average molecular weight is 512 g/mol. The molecular formula is C26H37N7O2S. The van der Waals surface area contributed by atoms with E-state index in [0.29, 0.717) is 23.5 Å². The third-order valence-corrected chi connectivity index (χ3v) is 7.62. The topological polar surface area (TPSA) is 126 Å². The Morgan fingerprint density at radius 3 is 2.83 bits per heavy atom. The van der Waals surface area contributed by atoms with E-state index in [1.165, 1.54) is 6.07 Å². The minimum Gasteiger partial charge on any atom is -0.586 e. The van der Waals surface area contributed by atoms with Gasteiger partial charge in [-0.25, -0.2) is 9.71 Å². The van der Waals surface area contributed by atoms with Crippen LogP contribution in [0.3, 0.4) is 0 Å². The van der Waals surface area contributed by atoms with Gasteiger partial charge in [0.1, 0.15) is 28.8 Å². The van der Waals surface area contributed by atoms with Gasteiger partial charge in [0.2, 0.25) is 0 Å². The van der Waals surface area contributed by atoms with Gasteiger partial charge in [0.25, 0.3) is 0 Å². The van der Waals surface area contributed by atoms with E-state index in [4.69, 9.17) is 10.7 Å². The Labute approximate surface area is 216 Å². The van der Waals surface area contributed by atoms with Crippen molar-refractivity contribution in [3.8, 4) is 5.75 Å². The first-order chi connectivity index (χ1) is 17.0. The first kappa shape index (κ1) is 26.1. The van der Waals surface area contributed by atoms with Gasteiger partial charge in [-0.15, -0.1) is 0 Å². The summed E-state index contributed by atoms with van der Waals surface area (Å²) in [6, 6.07) is 7.37. The summed E-state index contributed by atoms with van der Waals surface area (Å²) < 4.78 is 16.1. The summed E-state index contributed by atoms with van der Waals surface area (Å²) in [5, 5.41) is 13.7. The second-order valence-corrected chi connectivity index (χ2v) is 11.5. The van der Waals surface area contributed by atoms with Gasteiger partial charge in [-0.3, -0.25) is 0 Å². The molecule has 1 saturated heterocycles. The lowest BCUT2D eigenvalue weighted by Gasteiger charge is -2.28. The second kappa shape index (κ2) is 10.6. The molecule has 5 N–H and O–H groups in total. The monoisotopic (exact) mass is 511 g/mol. The quantitative estimate of drug-likeness (QED) is 0.458. The summed E-state index contributed by atoms with van der Waals surface area (Å²) in [7, 11) is 1.94. The van der Waals surface area contributed by atoms with E-state index < -0.39 is 16.9 Å². The molecule has 4 heterocycles. The number of aromatic hydroxyl groups is 1. The smallest absolute Gasteiger partial charge is 0.315 e. The lowest BCUT2D eigenvalue weighted by atomic mass is 10.0. The molecule has 0 amide bonds. The fourth-order valence-corrected chi connectivity index (χ4v) is 5.48. The van der Waals surface area contributed by atoms with Crippen LogP contribution in [0.1, 0.15) is 45.6 Å². The van der Waals surface area contributed by atoms with E-state index in [2.05, 4.69) is 33.4 Å². The zero-order valence-corrected chi connectivity index (χ0v) is 22.3. The number of nitrogens with one attached hydrogen (secondary N) is 2. The summed E-state index contributed by atoms with van der Waals surface area (Å²) in [6.07, 6.45) is 7.00. The number of nitrogens with zero attached hydrogens (tertiary/aromatic N) is 4. The first-order valence-corrected chi connectivity index (χ1v) is 13.5. The highest BCUT2D eigenvalue weighted by molar-refractivity contribution is 7.89. The van der Waals surface area contributed by atoms with Gasteiger partial charge in [-0.1, -0.05) is 6.58 Å². The zero-order valence-electron chi connectivity index (χ0n) is 21.5. The fraction of sp³-hybridized carbons (Fsp3) is 0.462. The highest BCUT2D eigenvalue weighted by Gasteiger charge is 2.33. The van der Waals surface area contributed by atoms with Crippen LogP contribution in [0, 0.1) is 5.92 Å². The van der Waals surface area contributed by atoms with E-state index in [0.717, 1.165) is 49.6 Å². The van der Waals surface area contributed by atoms with Crippen LogP contribution in [0.15, 0.2) is 48.1 Å². The maximum absolute atomic E-state index is 13.2. The van der Waals surface area contributed by atoms with Gasteiger partial charge in [0.05, 0.1) is 5.70 Å². The van der Waals surface area contributed by atoms with Crippen molar-refractivity contribution in [3.63, 3.8) is 0 Å². The van der Waals surface area contributed by atoms with Crippen molar-refractivity contribution in [3.05, 3.63) is 48.7 Å². The van der Waals surface area contributed by atoms with Gasteiger partial charge < -0.3 is 30.5 Å². The largest absolute Gasteiger partial charge is 0.586 e. The average Bonchev–Trinajstić information content (AvgIpc) is 3.19.